The minimum Gasteiger partial charge on any atom is -0.393 e. The highest BCUT2D eigenvalue weighted by atomic mass is 19.4. The average Bonchev–Trinajstić information content (AvgIpc) is 3.03. The first-order chi connectivity index (χ1) is 16.8. The number of hydrogen-bond acceptors (Lipinski definition) is 2. The maximum Gasteiger partial charge on any atom is 0.431 e. The second kappa shape index (κ2) is 8.98. The molecule has 4 aliphatic carbocycles. The number of Topliss-reactive ketones (excluding diaryl/α,β-unsaturated/α-hetero) is 1. The van der Waals surface area contributed by atoms with Crippen molar-refractivity contribution in [2.24, 2.45) is 34.5 Å². The van der Waals surface area contributed by atoms with Gasteiger partial charge in [0, 0.05) is 13.4 Å². The van der Waals surface area contributed by atoms with Crippen LogP contribution in [0.5, 0.6) is 0 Å². The molecule has 206 valence electrons. The van der Waals surface area contributed by atoms with Crippen LogP contribution in [-0.2, 0) is 4.79 Å². The number of aliphatic hydroxyl groups is 1. The second-order valence-electron chi connectivity index (χ2n) is 12.3. The molecule has 0 amide bonds. The summed E-state index contributed by atoms with van der Waals surface area (Å²) in [5, 5.41) is 10.2. The van der Waals surface area contributed by atoms with Crippen molar-refractivity contribution in [3.05, 3.63) is 11.1 Å². The predicted molar refractivity (Wildman–Crippen MR) is 121 cm³/mol. The Bertz CT molecular complexity index is 930. The number of alkyl halides is 7. The lowest BCUT2D eigenvalue weighted by Gasteiger charge is -2.56. The summed E-state index contributed by atoms with van der Waals surface area (Å²) in [6, 6.07) is 0. The molecule has 0 aromatic rings. The van der Waals surface area contributed by atoms with Gasteiger partial charge >= 0.3 is 12.4 Å². The molecule has 4 aliphatic rings. The zero-order chi connectivity index (χ0) is 27.8. The van der Waals surface area contributed by atoms with Crippen LogP contribution in [0.2, 0.25) is 0 Å². The summed E-state index contributed by atoms with van der Waals surface area (Å²) in [4.78, 5) is 13.4. The van der Waals surface area contributed by atoms with Gasteiger partial charge in [0.05, 0.1) is 6.10 Å². The highest BCUT2D eigenvalue weighted by Gasteiger charge is 2.71. The van der Waals surface area contributed by atoms with Crippen LogP contribution >= 0.6 is 0 Å². The molecule has 4 rings (SSSR count). The van der Waals surface area contributed by atoms with Gasteiger partial charge in [-0.1, -0.05) is 32.8 Å². The smallest absolute Gasteiger partial charge is 0.393 e. The fraction of sp³-hybridized carbons (Fsp3) is 0.889. The first-order valence-electron chi connectivity index (χ1n) is 13.6. The van der Waals surface area contributed by atoms with Crippen molar-refractivity contribution in [2.75, 3.05) is 0 Å². The van der Waals surface area contributed by atoms with Gasteiger partial charge in [0.2, 0.25) is 0 Å². The van der Waals surface area contributed by atoms with Gasteiger partial charge in [-0.25, -0.2) is 4.39 Å². The number of allylic oxidation sites excluding steroid dienone is 2. The van der Waals surface area contributed by atoms with Gasteiger partial charge in [-0.3, -0.25) is 4.79 Å². The van der Waals surface area contributed by atoms with Gasteiger partial charge in [0.15, 0.2) is 5.78 Å². The quantitative estimate of drug-likeness (QED) is 0.369. The van der Waals surface area contributed by atoms with Crippen molar-refractivity contribution >= 4 is 5.78 Å². The summed E-state index contributed by atoms with van der Waals surface area (Å²) in [5.41, 5.74) is -4.05. The van der Waals surface area contributed by atoms with E-state index in [1.807, 2.05) is 6.92 Å². The fourth-order valence-electron chi connectivity index (χ4n) is 8.27. The third-order valence-electron chi connectivity index (χ3n) is 10.4. The molecule has 0 unspecified atom stereocenters. The van der Waals surface area contributed by atoms with Gasteiger partial charge < -0.3 is 5.11 Å². The van der Waals surface area contributed by atoms with Crippen molar-refractivity contribution in [3.63, 3.8) is 0 Å². The average molecular weight is 528 g/mol. The summed E-state index contributed by atoms with van der Waals surface area (Å²) in [6.07, 6.45) is -11.2. The third kappa shape index (κ3) is 4.23. The molecule has 0 heterocycles. The normalized spacial score (nSPS) is 39.8. The summed E-state index contributed by atoms with van der Waals surface area (Å²) < 4.78 is 100. The van der Waals surface area contributed by atoms with Gasteiger partial charge in [0.1, 0.15) is 0 Å². The van der Waals surface area contributed by atoms with E-state index in [2.05, 4.69) is 6.92 Å². The fourth-order valence-corrected chi connectivity index (χ4v) is 8.27. The van der Waals surface area contributed by atoms with Crippen LogP contribution in [0.25, 0.3) is 0 Å². The van der Waals surface area contributed by atoms with Crippen LogP contribution in [0.1, 0.15) is 92.7 Å². The lowest BCUT2D eigenvalue weighted by atomic mass is 9.48. The maximum atomic E-state index is 14.2. The molecule has 36 heavy (non-hydrogen) atoms. The van der Waals surface area contributed by atoms with Crippen LogP contribution in [-0.4, -0.2) is 35.0 Å². The Morgan fingerprint density at radius 1 is 1.06 bits per heavy atom. The van der Waals surface area contributed by atoms with E-state index in [0.29, 0.717) is 12.3 Å². The van der Waals surface area contributed by atoms with Crippen molar-refractivity contribution in [1.82, 2.24) is 0 Å². The monoisotopic (exact) mass is 527 g/mol. The molecule has 0 bridgehead atoms. The van der Waals surface area contributed by atoms with Crippen LogP contribution in [0.15, 0.2) is 11.1 Å². The molecule has 2 nitrogen and oxygen atoms in total. The predicted octanol–water partition coefficient (Wildman–Crippen LogP) is 7.89. The van der Waals surface area contributed by atoms with E-state index in [9.17, 15) is 40.6 Å². The number of aliphatic hydroxyl groups excluding tert-OH is 1. The summed E-state index contributed by atoms with van der Waals surface area (Å²) in [5.74, 6) is -0.235. The minimum atomic E-state index is -6.16. The number of halogens is 7. The highest BCUT2D eigenvalue weighted by molar-refractivity contribution is 6.00. The molecule has 0 saturated heterocycles. The zero-order valence-electron chi connectivity index (χ0n) is 22.0. The van der Waals surface area contributed by atoms with E-state index in [0.717, 1.165) is 49.7 Å². The van der Waals surface area contributed by atoms with Crippen molar-refractivity contribution < 1.29 is 42.0 Å². The van der Waals surface area contributed by atoms with Crippen LogP contribution in [0, 0.1) is 34.5 Å². The Labute approximate surface area is 209 Å². The second-order valence-corrected chi connectivity index (χ2v) is 12.3. The first-order valence-corrected chi connectivity index (χ1v) is 13.0. The van der Waals surface area contributed by atoms with Crippen LogP contribution < -0.4 is 0 Å². The lowest BCUT2D eigenvalue weighted by molar-refractivity contribution is -0.343. The number of rotatable bonds is 5. The number of carbonyl (C=O) groups excluding carboxylic acids is 1. The van der Waals surface area contributed by atoms with Crippen LogP contribution in [0.4, 0.5) is 30.7 Å². The van der Waals surface area contributed by atoms with E-state index < -0.39 is 42.2 Å². The van der Waals surface area contributed by atoms with Crippen molar-refractivity contribution in [3.8, 4) is 0 Å². The molecule has 0 aliphatic heterocycles. The van der Waals surface area contributed by atoms with Gasteiger partial charge in [-0.05, 0) is 92.3 Å². The van der Waals surface area contributed by atoms with Gasteiger partial charge in [-0.2, -0.15) is 26.3 Å². The molecule has 8 atom stereocenters. The Kier molecular flexibility index (Phi) is 6.60. The molecule has 1 N–H and O–H groups in total. The molecule has 0 radical (unpaired) electrons. The highest BCUT2D eigenvalue weighted by Crippen LogP contribution is 2.65. The Morgan fingerprint density at radius 2 is 1.69 bits per heavy atom. The standard InChI is InChI=1S/C27H37F7O2/c1-15(5-4-10-25(28,26(29,30)31)27(32,33)34)20-14-21(36)22-18-7-6-16-13-17(35)8-11-23(16,2)19(18)9-12-24(20,22)3/h15-17,19-20,35H,4-14H2,1-3H3/t15-,16+,17+,19+,20-,23+,24-/m1/s1/i4D/t4-,15+,16-,17-,19-,20+,23-,24+/m0. The summed E-state index contributed by atoms with van der Waals surface area (Å²) in [6.45, 7) is 5.89. The van der Waals surface area contributed by atoms with E-state index in [-0.39, 0.29) is 42.0 Å². The maximum absolute atomic E-state index is 14.2. The van der Waals surface area contributed by atoms with E-state index in [1.54, 1.807) is 6.92 Å². The molecule has 9 heteroatoms. The Morgan fingerprint density at radius 3 is 2.31 bits per heavy atom. The van der Waals surface area contributed by atoms with Gasteiger partial charge in [-0.15, -0.1) is 0 Å². The van der Waals surface area contributed by atoms with Crippen LogP contribution in [0.3, 0.4) is 0 Å². The Hall–Kier alpha value is -1.12. The van der Waals surface area contributed by atoms with Gasteiger partial charge in [0.25, 0.3) is 5.67 Å². The molecule has 0 aromatic heterocycles. The van der Waals surface area contributed by atoms with E-state index in [4.69, 9.17) is 1.37 Å². The third-order valence-corrected chi connectivity index (χ3v) is 10.4. The first kappa shape index (κ1) is 26.5. The number of carbonyl (C=O) groups is 1. The Balaban J connectivity index is 1.55. The summed E-state index contributed by atoms with van der Waals surface area (Å²) in [7, 11) is 0. The van der Waals surface area contributed by atoms with Crippen molar-refractivity contribution in [1.29, 1.82) is 0 Å². The van der Waals surface area contributed by atoms with Crippen molar-refractivity contribution in [2.45, 2.75) is 116 Å². The number of hydrogen-bond donors (Lipinski definition) is 1. The van der Waals surface area contributed by atoms with E-state index in [1.165, 1.54) is 0 Å². The van der Waals surface area contributed by atoms with E-state index >= 15 is 0 Å². The molecular formula is C27H37F7O2. The molecule has 3 fully saturated rings. The summed E-state index contributed by atoms with van der Waals surface area (Å²) >= 11 is 0. The topological polar surface area (TPSA) is 37.3 Å². The molecule has 0 aromatic carbocycles. The molecule has 3 saturated carbocycles. The largest absolute Gasteiger partial charge is 0.431 e. The SMILES string of the molecule is [2H][C@@H](C[C@@H](C)[C@H]1CC(=O)C2=C3CC[C@H]4C[C@@H](O)CC[C@]4(C)[C@H]3CC[C@@]21C)CC(F)(C(F)(F)F)C(F)(F)F. The molecule has 0 spiro atoms. The lowest BCUT2D eigenvalue weighted by Crippen LogP contribution is -2.53. The molecular weight excluding hydrogens is 489 g/mol. The zero-order valence-corrected chi connectivity index (χ0v) is 21.0. The minimum absolute atomic E-state index is 0.00293. The number of ketones is 1. The number of fused-ring (bicyclic) bond motifs is 4.